The largest absolute Gasteiger partial charge is 0.469 e. The minimum Gasteiger partial charge on any atom is -0.469 e. The maximum Gasteiger partial charge on any atom is 0.305 e. The van der Waals surface area contributed by atoms with Gasteiger partial charge in [0.2, 0.25) is 0 Å². The van der Waals surface area contributed by atoms with Crippen LogP contribution in [0.3, 0.4) is 0 Å². The zero-order valence-electron chi connectivity index (χ0n) is 14.6. The quantitative estimate of drug-likeness (QED) is 0.324. The van der Waals surface area contributed by atoms with Gasteiger partial charge < -0.3 is 15.0 Å². The number of ether oxygens (including phenoxy) is 1. The highest BCUT2D eigenvalue weighted by Gasteiger charge is 2.18. The van der Waals surface area contributed by atoms with Gasteiger partial charge in [-0.25, -0.2) is 0 Å². The molecule has 1 fully saturated rings. The predicted molar refractivity (Wildman–Crippen MR) is 91.1 cm³/mol. The molecule has 5 nitrogen and oxygen atoms in total. The van der Waals surface area contributed by atoms with E-state index in [0.717, 1.165) is 63.7 Å². The second-order valence-corrected chi connectivity index (χ2v) is 6.15. The van der Waals surface area contributed by atoms with Gasteiger partial charge in [-0.15, -0.1) is 0 Å². The number of piperidine rings is 1. The predicted octanol–water partition coefficient (Wildman–Crippen LogP) is 2.81. The van der Waals surface area contributed by atoms with Gasteiger partial charge >= 0.3 is 5.97 Å². The second kappa shape index (κ2) is 11.3. The molecule has 1 N–H and O–H groups in total. The molecule has 1 aliphatic rings. The third-order valence-corrected chi connectivity index (χ3v) is 4.20. The van der Waals surface area contributed by atoms with E-state index in [-0.39, 0.29) is 5.97 Å². The van der Waals surface area contributed by atoms with Gasteiger partial charge in [0.1, 0.15) is 0 Å². The molecule has 1 heterocycles. The lowest BCUT2D eigenvalue weighted by molar-refractivity contribution is -0.140. The van der Waals surface area contributed by atoms with Gasteiger partial charge in [0.15, 0.2) is 5.96 Å². The highest BCUT2D eigenvalue weighted by Crippen LogP contribution is 2.16. The Labute approximate surface area is 135 Å². The summed E-state index contributed by atoms with van der Waals surface area (Å²) >= 11 is 0. The van der Waals surface area contributed by atoms with Crippen molar-refractivity contribution in [3.8, 4) is 0 Å². The van der Waals surface area contributed by atoms with Gasteiger partial charge in [0, 0.05) is 32.6 Å². The zero-order chi connectivity index (χ0) is 16.2. The molecule has 0 spiro atoms. The van der Waals surface area contributed by atoms with E-state index < -0.39 is 0 Å². The van der Waals surface area contributed by atoms with E-state index in [1.165, 1.54) is 20.0 Å². The molecule has 1 rings (SSSR count). The van der Waals surface area contributed by atoms with E-state index in [0.29, 0.717) is 6.42 Å². The van der Waals surface area contributed by atoms with Crippen LogP contribution in [0.2, 0.25) is 0 Å². The van der Waals surface area contributed by atoms with Gasteiger partial charge in [-0.05, 0) is 38.5 Å². The lowest BCUT2D eigenvalue weighted by atomic mass is 10.00. The first-order valence-electron chi connectivity index (χ1n) is 8.77. The summed E-state index contributed by atoms with van der Waals surface area (Å²) < 4.78 is 4.64. The third kappa shape index (κ3) is 7.66. The number of aliphatic imine (C=N–C) groups is 1. The number of methoxy groups -OCH3 is 1. The number of unbranched alkanes of at least 4 members (excludes halogenated alkanes) is 3. The summed E-state index contributed by atoms with van der Waals surface area (Å²) in [7, 11) is 1.45. The lowest BCUT2D eigenvalue weighted by Gasteiger charge is -2.33. The number of guanidine groups is 1. The molecule has 0 radical (unpaired) electrons. The van der Waals surface area contributed by atoms with Crippen LogP contribution < -0.4 is 5.32 Å². The van der Waals surface area contributed by atoms with Gasteiger partial charge in [-0.1, -0.05) is 19.8 Å². The van der Waals surface area contributed by atoms with Crippen LogP contribution in [0.4, 0.5) is 0 Å². The Morgan fingerprint density at radius 2 is 1.91 bits per heavy atom. The first-order valence-corrected chi connectivity index (χ1v) is 8.77. The Hall–Kier alpha value is -1.26. The summed E-state index contributed by atoms with van der Waals surface area (Å²) in [5.41, 5.74) is 0. The van der Waals surface area contributed by atoms with Gasteiger partial charge in [-0.3, -0.25) is 9.79 Å². The van der Waals surface area contributed by atoms with Crippen molar-refractivity contribution in [1.82, 2.24) is 10.2 Å². The number of nitrogens with zero attached hydrogens (tertiary/aromatic N) is 2. The summed E-state index contributed by atoms with van der Waals surface area (Å²) in [4.78, 5) is 18.1. The van der Waals surface area contributed by atoms with Crippen LogP contribution in [-0.4, -0.2) is 50.1 Å². The molecule has 1 aliphatic heterocycles. The molecule has 0 aromatic rings. The number of hydrogen-bond acceptors (Lipinski definition) is 3. The third-order valence-electron chi connectivity index (χ3n) is 4.20. The number of carbonyl (C=O) groups excluding carboxylic acids is 1. The summed E-state index contributed by atoms with van der Waals surface area (Å²) in [6.07, 6.45) is 7.25. The molecule has 128 valence electrons. The first kappa shape index (κ1) is 18.8. The van der Waals surface area contributed by atoms with E-state index >= 15 is 0 Å². The molecule has 0 saturated carbocycles. The Kier molecular flexibility index (Phi) is 9.67. The van der Waals surface area contributed by atoms with E-state index in [4.69, 9.17) is 4.99 Å². The van der Waals surface area contributed by atoms with Crippen molar-refractivity contribution in [3.63, 3.8) is 0 Å². The molecule has 1 saturated heterocycles. The monoisotopic (exact) mass is 311 g/mol. The molecular formula is C17H33N3O2. The summed E-state index contributed by atoms with van der Waals surface area (Å²) in [6.45, 7) is 8.47. The summed E-state index contributed by atoms with van der Waals surface area (Å²) in [5, 5.41) is 3.41. The van der Waals surface area contributed by atoms with Gasteiger partial charge in [0.25, 0.3) is 0 Å². The average molecular weight is 311 g/mol. The normalized spacial score (nSPS) is 16.7. The summed E-state index contributed by atoms with van der Waals surface area (Å²) in [5.74, 6) is 1.81. The maximum atomic E-state index is 11.0. The average Bonchev–Trinajstić information content (AvgIpc) is 2.53. The molecule has 0 atom stereocenters. The smallest absolute Gasteiger partial charge is 0.305 e. The van der Waals surface area contributed by atoms with Crippen LogP contribution in [0.1, 0.15) is 58.8 Å². The van der Waals surface area contributed by atoms with Crippen LogP contribution in [0.15, 0.2) is 4.99 Å². The standard InChI is InChI=1S/C17H33N3O2/c1-4-18-17(20-13-10-15(2)11-14-20)19-12-8-6-5-7-9-16(21)22-3/h15H,4-14H2,1-3H3,(H,18,19). The number of esters is 1. The Balaban J connectivity index is 2.21. The molecule has 0 amide bonds. The van der Waals surface area contributed by atoms with Crippen molar-refractivity contribution in [3.05, 3.63) is 0 Å². The molecule has 0 aromatic heterocycles. The van der Waals surface area contributed by atoms with Crippen molar-refractivity contribution in [2.45, 2.75) is 58.8 Å². The molecule has 0 unspecified atom stereocenters. The number of carbonyl (C=O) groups is 1. The van der Waals surface area contributed by atoms with E-state index in [9.17, 15) is 4.79 Å². The Morgan fingerprint density at radius 3 is 2.55 bits per heavy atom. The van der Waals surface area contributed by atoms with Gasteiger partial charge in [-0.2, -0.15) is 0 Å². The van der Waals surface area contributed by atoms with Crippen LogP contribution in [0.25, 0.3) is 0 Å². The molecule has 0 bridgehead atoms. The maximum absolute atomic E-state index is 11.0. The molecular weight excluding hydrogens is 278 g/mol. The molecule has 0 aromatic carbocycles. The fourth-order valence-electron chi connectivity index (χ4n) is 2.67. The first-order chi connectivity index (χ1) is 10.7. The van der Waals surface area contributed by atoms with Crippen LogP contribution in [0.5, 0.6) is 0 Å². The van der Waals surface area contributed by atoms with E-state index in [1.807, 2.05) is 0 Å². The lowest BCUT2D eigenvalue weighted by Crippen LogP contribution is -2.45. The zero-order valence-corrected chi connectivity index (χ0v) is 14.6. The van der Waals surface area contributed by atoms with Crippen molar-refractivity contribution >= 4 is 11.9 Å². The van der Waals surface area contributed by atoms with E-state index in [2.05, 4.69) is 28.8 Å². The van der Waals surface area contributed by atoms with Crippen molar-refractivity contribution < 1.29 is 9.53 Å². The highest BCUT2D eigenvalue weighted by molar-refractivity contribution is 5.80. The van der Waals surface area contributed by atoms with Crippen molar-refractivity contribution in [2.24, 2.45) is 10.9 Å². The Morgan fingerprint density at radius 1 is 1.23 bits per heavy atom. The van der Waals surface area contributed by atoms with Gasteiger partial charge in [0.05, 0.1) is 7.11 Å². The summed E-state index contributed by atoms with van der Waals surface area (Å²) in [6, 6.07) is 0. The highest BCUT2D eigenvalue weighted by atomic mass is 16.5. The fraction of sp³-hybridized carbons (Fsp3) is 0.882. The van der Waals surface area contributed by atoms with Crippen LogP contribution in [0, 0.1) is 5.92 Å². The van der Waals surface area contributed by atoms with Crippen molar-refractivity contribution in [1.29, 1.82) is 0 Å². The van der Waals surface area contributed by atoms with Crippen LogP contribution in [-0.2, 0) is 9.53 Å². The van der Waals surface area contributed by atoms with Crippen LogP contribution >= 0.6 is 0 Å². The molecule has 5 heteroatoms. The fourth-order valence-corrected chi connectivity index (χ4v) is 2.67. The SMILES string of the molecule is CCNC(=NCCCCCCC(=O)OC)N1CCC(C)CC1. The number of nitrogens with one attached hydrogen (secondary N) is 1. The topological polar surface area (TPSA) is 53.9 Å². The Bertz CT molecular complexity index is 337. The minimum atomic E-state index is -0.105. The number of hydrogen-bond donors (Lipinski definition) is 1. The molecule has 22 heavy (non-hydrogen) atoms. The second-order valence-electron chi connectivity index (χ2n) is 6.15. The number of likely N-dealkylation sites (tertiary alicyclic amines) is 1. The number of rotatable bonds is 8. The van der Waals surface area contributed by atoms with Crippen molar-refractivity contribution in [2.75, 3.05) is 33.3 Å². The van der Waals surface area contributed by atoms with E-state index in [1.54, 1.807) is 0 Å². The molecule has 0 aliphatic carbocycles. The minimum absolute atomic E-state index is 0.105.